The summed E-state index contributed by atoms with van der Waals surface area (Å²) in [5.74, 6) is 5.24. The van der Waals surface area contributed by atoms with Gasteiger partial charge in [-0.3, -0.25) is 15.7 Å². The van der Waals surface area contributed by atoms with E-state index in [1.54, 1.807) is 17.0 Å². The number of nitrogens with one attached hydrogen (secondary N) is 2. The van der Waals surface area contributed by atoms with Crippen LogP contribution < -0.4 is 22.6 Å². The molecule has 134 valence electrons. The van der Waals surface area contributed by atoms with Gasteiger partial charge in [-0.25, -0.2) is 9.67 Å². The van der Waals surface area contributed by atoms with Gasteiger partial charge < -0.3 is 15.7 Å². The predicted molar refractivity (Wildman–Crippen MR) is 99.1 cm³/mol. The van der Waals surface area contributed by atoms with Crippen molar-refractivity contribution in [3.63, 3.8) is 0 Å². The van der Waals surface area contributed by atoms with Crippen molar-refractivity contribution in [2.75, 3.05) is 0 Å². The van der Waals surface area contributed by atoms with Crippen LogP contribution in [0.3, 0.4) is 0 Å². The summed E-state index contributed by atoms with van der Waals surface area (Å²) < 4.78 is 4.12. The zero-order chi connectivity index (χ0) is 18.3. The van der Waals surface area contributed by atoms with Crippen LogP contribution in [0.4, 0.5) is 0 Å². The molecule has 0 saturated heterocycles. The molecule has 0 fully saturated rings. The Morgan fingerprint density at radius 1 is 1.50 bits per heavy atom. The number of hydrogen-bond donors (Lipinski definition) is 4. The first kappa shape index (κ1) is 16.3. The molecule has 0 atom stereocenters. The fraction of sp³-hybridized carbons (Fsp3) is 0.200. The largest absolute Gasteiger partial charge is 0.400 e. The number of rotatable bonds is 5. The summed E-state index contributed by atoms with van der Waals surface area (Å²) in [4.78, 5) is 17.5. The number of allylic oxidation sites excluding steroid dienone is 1. The molecule has 4 rings (SSSR count). The summed E-state index contributed by atoms with van der Waals surface area (Å²) in [6, 6.07) is 1.81. The molecule has 4 aromatic heterocycles. The van der Waals surface area contributed by atoms with E-state index in [2.05, 4.69) is 25.7 Å². The van der Waals surface area contributed by atoms with Crippen molar-refractivity contribution in [2.45, 2.75) is 13.0 Å². The molecule has 0 aliphatic rings. The summed E-state index contributed by atoms with van der Waals surface area (Å²) in [7, 11) is 1.83. The molecule has 4 heterocycles. The van der Waals surface area contributed by atoms with Gasteiger partial charge in [0.25, 0.3) is 5.56 Å². The third-order valence-electron chi connectivity index (χ3n) is 4.06. The number of aromatic nitrogens is 6. The van der Waals surface area contributed by atoms with Gasteiger partial charge in [0.1, 0.15) is 10.5 Å². The lowest BCUT2D eigenvalue weighted by atomic mass is 10.3. The number of aryl methyl sites for hydroxylation is 1. The number of nitrogens with two attached hydrogens (primary N) is 2. The van der Waals surface area contributed by atoms with Crippen LogP contribution >= 0.6 is 11.3 Å². The van der Waals surface area contributed by atoms with E-state index >= 15 is 0 Å². The average molecular weight is 371 g/mol. The maximum Gasteiger partial charge on any atom is 0.291 e. The van der Waals surface area contributed by atoms with Gasteiger partial charge in [0.15, 0.2) is 5.65 Å². The summed E-state index contributed by atoms with van der Waals surface area (Å²) >= 11 is 1.49. The normalized spacial score (nSPS) is 12.3. The summed E-state index contributed by atoms with van der Waals surface area (Å²) in [6.07, 6.45) is 5.42. The first-order valence-electron chi connectivity index (χ1n) is 7.81. The Kier molecular flexibility index (Phi) is 3.93. The molecule has 26 heavy (non-hydrogen) atoms. The second-order valence-electron chi connectivity index (χ2n) is 5.82. The Morgan fingerprint density at radius 2 is 2.35 bits per heavy atom. The SMILES string of the molecule is Cn1c2nc(C/C(N)=C/NN)sc2c2cnn(Cc3cc[nH]n3)c(=O)c21. The fourth-order valence-electron chi connectivity index (χ4n) is 2.89. The van der Waals surface area contributed by atoms with Crippen molar-refractivity contribution in [1.82, 2.24) is 35.0 Å². The molecule has 0 unspecified atom stereocenters. The molecule has 0 amide bonds. The fourth-order valence-corrected chi connectivity index (χ4v) is 4.03. The molecular formula is C15H17N9OS. The Hall–Kier alpha value is -3.18. The van der Waals surface area contributed by atoms with Crippen LogP contribution in [0, 0.1) is 0 Å². The van der Waals surface area contributed by atoms with E-state index < -0.39 is 0 Å². The Morgan fingerprint density at radius 3 is 3.08 bits per heavy atom. The molecule has 0 saturated carbocycles. The number of fused-ring (bicyclic) bond motifs is 3. The van der Waals surface area contributed by atoms with Gasteiger partial charge in [0, 0.05) is 36.9 Å². The number of H-pyrrole nitrogens is 1. The lowest BCUT2D eigenvalue weighted by Gasteiger charge is -2.03. The molecule has 11 heteroatoms. The molecule has 0 bridgehead atoms. The predicted octanol–water partition coefficient (Wildman–Crippen LogP) is -0.0780. The van der Waals surface area contributed by atoms with Gasteiger partial charge in [-0.1, -0.05) is 0 Å². The molecule has 6 N–H and O–H groups in total. The minimum Gasteiger partial charge on any atom is -0.400 e. The van der Waals surface area contributed by atoms with Gasteiger partial charge in [-0.05, 0) is 6.07 Å². The second-order valence-corrected chi connectivity index (χ2v) is 6.90. The maximum absolute atomic E-state index is 12.9. The van der Waals surface area contributed by atoms with E-state index in [1.165, 1.54) is 22.2 Å². The van der Waals surface area contributed by atoms with Crippen molar-refractivity contribution in [3.8, 4) is 0 Å². The van der Waals surface area contributed by atoms with Crippen LogP contribution in [0.5, 0.6) is 0 Å². The van der Waals surface area contributed by atoms with Crippen molar-refractivity contribution in [2.24, 2.45) is 18.6 Å². The topological polar surface area (TPSA) is 145 Å². The smallest absolute Gasteiger partial charge is 0.291 e. The van der Waals surface area contributed by atoms with E-state index in [1.807, 2.05) is 13.1 Å². The van der Waals surface area contributed by atoms with Crippen molar-refractivity contribution in [1.29, 1.82) is 0 Å². The minimum atomic E-state index is -0.175. The van der Waals surface area contributed by atoms with E-state index in [0.717, 1.165) is 26.4 Å². The van der Waals surface area contributed by atoms with Gasteiger partial charge in [0.05, 0.1) is 23.1 Å². The molecule has 4 aromatic rings. The molecule has 0 aliphatic heterocycles. The minimum absolute atomic E-state index is 0.175. The van der Waals surface area contributed by atoms with Crippen LogP contribution in [0.25, 0.3) is 21.3 Å². The Labute approximate surface area is 151 Å². The molecule has 0 aliphatic carbocycles. The number of hydrazine groups is 1. The number of thiazole rings is 1. The van der Waals surface area contributed by atoms with Gasteiger partial charge in [-0.15, -0.1) is 11.3 Å². The van der Waals surface area contributed by atoms with Crippen molar-refractivity contribution in [3.05, 3.63) is 51.4 Å². The molecule has 0 aromatic carbocycles. The monoisotopic (exact) mass is 371 g/mol. The van der Waals surface area contributed by atoms with Gasteiger partial charge in [-0.2, -0.15) is 10.2 Å². The number of hydrogen-bond acceptors (Lipinski definition) is 8. The second kappa shape index (κ2) is 6.28. The first-order chi connectivity index (χ1) is 12.6. The van der Waals surface area contributed by atoms with Crippen molar-refractivity contribution >= 4 is 32.6 Å². The van der Waals surface area contributed by atoms with Crippen LogP contribution in [0.2, 0.25) is 0 Å². The standard InChI is InChI=1S/C15H17N9OS/c1-23-12-10(6-20-24(15(12)25)7-9-2-3-19-22-9)13-14(23)21-11(26-13)4-8(16)5-18-17/h2-3,5-6,18H,4,7,16-17H2,1H3,(H,19,22)/b8-5-. The average Bonchev–Trinajstić information content (AvgIpc) is 3.30. The number of aromatic amines is 1. The third kappa shape index (κ3) is 2.62. The highest BCUT2D eigenvalue weighted by molar-refractivity contribution is 7.19. The van der Waals surface area contributed by atoms with E-state index in [-0.39, 0.29) is 5.56 Å². The van der Waals surface area contributed by atoms with Gasteiger partial charge in [0.2, 0.25) is 0 Å². The highest BCUT2D eigenvalue weighted by Crippen LogP contribution is 2.31. The zero-order valence-electron chi connectivity index (χ0n) is 13.9. The van der Waals surface area contributed by atoms with Crippen LogP contribution in [0.1, 0.15) is 10.7 Å². The summed E-state index contributed by atoms with van der Waals surface area (Å²) in [5.41, 5.74) is 10.7. The van der Waals surface area contributed by atoms with E-state index in [9.17, 15) is 4.79 Å². The molecular weight excluding hydrogens is 354 g/mol. The number of nitrogens with zero attached hydrogens (tertiary/aromatic N) is 5. The highest BCUT2D eigenvalue weighted by atomic mass is 32.1. The molecule has 0 radical (unpaired) electrons. The van der Waals surface area contributed by atoms with Crippen molar-refractivity contribution < 1.29 is 0 Å². The molecule has 10 nitrogen and oxygen atoms in total. The molecule has 0 spiro atoms. The first-order valence-corrected chi connectivity index (χ1v) is 8.63. The van der Waals surface area contributed by atoms with E-state index in [4.69, 9.17) is 11.6 Å². The zero-order valence-corrected chi connectivity index (χ0v) is 14.7. The van der Waals surface area contributed by atoms with Gasteiger partial charge >= 0.3 is 0 Å². The highest BCUT2D eigenvalue weighted by Gasteiger charge is 2.18. The third-order valence-corrected chi connectivity index (χ3v) is 5.14. The van der Waals surface area contributed by atoms with Crippen LogP contribution in [-0.2, 0) is 20.0 Å². The van der Waals surface area contributed by atoms with Crippen LogP contribution in [-0.4, -0.2) is 29.5 Å². The summed E-state index contributed by atoms with van der Waals surface area (Å²) in [5, 5.41) is 12.7. The maximum atomic E-state index is 12.9. The lowest BCUT2D eigenvalue weighted by Crippen LogP contribution is -2.24. The van der Waals surface area contributed by atoms with Crippen LogP contribution in [0.15, 0.2) is 35.2 Å². The Bertz CT molecular complexity index is 1170. The quantitative estimate of drug-likeness (QED) is 0.283. The lowest BCUT2D eigenvalue weighted by molar-refractivity contribution is 0.631. The summed E-state index contributed by atoms with van der Waals surface area (Å²) in [6.45, 7) is 0.309. The Balaban J connectivity index is 1.80. The van der Waals surface area contributed by atoms with E-state index in [0.29, 0.717) is 24.2 Å².